The van der Waals surface area contributed by atoms with E-state index < -0.39 is 33.4 Å². The Kier molecular flexibility index (Phi) is 9.73. The third-order valence-corrected chi connectivity index (χ3v) is 9.48. The molecule has 46 heavy (non-hydrogen) atoms. The smallest absolute Gasteiger partial charge is 0.308 e. The lowest BCUT2D eigenvalue weighted by atomic mass is 10.0. The van der Waals surface area contributed by atoms with Gasteiger partial charge in [-0.15, -0.1) is 0 Å². The van der Waals surface area contributed by atoms with Crippen LogP contribution in [0.2, 0.25) is 0 Å². The maximum Gasteiger partial charge on any atom is 0.308 e. The number of esters is 1. The number of aryl methyl sites for hydroxylation is 1. The van der Waals surface area contributed by atoms with Crippen molar-refractivity contribution in [3.63, 3.8) is 0 Å². The fourth-order valence-corrected chi connectivity index (χ4v) is 7.22. The molecule has 0 spiro atoms. The van der Waals surface area contributed by atoms with Gasteiger partial charge in [0.05, 0.1) is 34.1 Å². The molecule has 2 atom stereocenters. The second-order valence-electron chi connectivity index (χ2n) is 13.2. The molecule has 0 unspecified atom stereocenters. The number of sulfone groups is 1. The van der Waals surface area contributed by atoms with Crippen LogP contribution in [0.3, 0.4) is 0 Å². The van der Waals surface area contributed by atoms with Gasteiger partial charge in [0.2, 0.25) is 9.84 Å². The van der Waals surface area contributed by atoms with Crippen molar-refractivity contribution in [1.29, 1.82) is 0 Å². The molecule has 0 radical (unpaired) electrons. The molecule has 0 amide bonds. The Bertz CT molecular complexity index is 1780. The van der Waals surface area contributed by atoms with Crippen molar-refractivity contribution < 1.29 is 27.4 Å². The van der Waals surface area contributed by atoms with Crippen molar-refractivity contribution in [2.45, 2.75) is 94.2 Å². The Labute approximate surface area is 272 Å². The zero-order valence-corrected chi connectivity index (χ0v) is 28.2. The van der Waals surface area contributed by atoms with Crippen LogP contribution in [-0.2, 0) is 35.3 Å². The average Bonchev–Trinajstić information content (AvgIpc) is 3.34. The first kappa shape index (κ1) is 33.4. The van der Waals surface area contributed by atoms with Crippen molar-refractivity contribution >= 4 is 22.0 Å². The minimum atomic E-state index is -3.87. The molecular weight excluding hydrogens is 598 g/mol. The summed E-state index contributed by atoms with van der Waals surface area (Å²) in [5, 5.41) is 0. The molecule has 2 heterocycles. The van der Waals surface area contributed by atoms with Crippen LogP contribution in [-0.4, -0.2) is 42.6 Å². The first-order valence-corrected chi connectivity index (χ1v) is 17.1. The van der Waals surface area contributed by atoms with Crippen LogP contribution < -0.4 is 0 Å². The zero-order valence-electron chi connectivity index (χ0n) is 27.4. The Morgan fingerprint density at radius 1 is 0.957 bits per heavy atom. The molecule has 1 aliphatic heterocycles. The van der Waals surface area contributed by atoms with Crippen LogP contribution in [0.15, 0.2) is 107 Å². The van der Waals surface area contributed by atoms with Gasteiger partial charge in [-0.2, -0.15) is 0 Å². The average molecular weight is 642 g/mol. The SMILES string of the molecule is Cc1ccc(S(=O)(=O)c2cc(-c3ccccc3)n(/C=C/[C@@H]3C[C@H](CC(=O)OC(C)(C)C)OC(C)(C)O3)c2Cc2ccccc2)cc1. The summed E-state index contributed by atoms with van der Waals surface area (Å²) in [4.78, 5) is 13.1. The van der Waals surface area contributed by atoms with Crippen LogP contribution >= 0.6 is 0 Å². The maximum atomic E-state index is 14.3. The summed E-state index contributed by atoms with van der Waals surface area (Å²) in [6.45, 7) is 11.1. The van der Waals surface area contributed by atoms with Crippen molar-refractivity contribution in [3.8, 4) is 11.3 Å². The fourth-order valence-electron chi connectivity index (χ4n) is 5.72. The highest BCUT2D eigenvalue weighted by Crippen LogP contribution is 2.35. The number of carbonyl (C=O) groups is 1. The summed E-state index contributed by atoms with van der Waals surface area (Å²) >= 11 is 0. The van der Waals surface area contributed by atoms with Crippen molar-refractivity contribution in [1.82, 2.24) is 4.57 Å². The monoisotopic (exact) mass is 641 g/mol. The van der Waals surface area contributed by atoms with E-state index in [4.69, 9.17) is 14.2 Å². The van der Waals surface area contributed by atoms with Crippen LogP contribution in [0.1, 0.15) is 64.3 Å². The summed E-state index contributed by atoms with van der Waals surface area (Å²) in [6, 6.07) is 28.3. The fraction of sp³-hybridized carbons (Fsp3) is 0.342. The maximum absolute atomic E-state index is 14.3. The van der Waals surface area contributed by atoms with Gasteiger partial charge >= 0.3 is 5.97 Å². The predicted octanol–water partition coefficient (Wildman–Crippen LogP) is 8.00. The first-order chi connectivity index (χ1) is 21.7. The quantitative estimate of drug-likeness (QED) is 0.172. The van der Waals surface area contributed by atoms with E-state index in [1.807, 2.05) is 131 Å². The minimum Gasteiger partial charge on any atom is -0.460 e. The van der Waals surface area contributed by atoms with Gasteiger partial charge in [0, 0.05) is 24.7 Å². The molecule has 5 rings (SSSR count). The van der Waals surface area contributed by atoms with Crippen molar-refractivity contribution in [2.75, 3.05) is 0 Å². The highest BCUT2D eigenvalue weighted by atomic mass is 32.2. The van der Waals surface area contributed by atoms with E-state index in [2.05, 4.69) is 0 Å². The third-order valence-electron chi connectivity index (χ3n) is 7.65. The first-order valence-electron chi connectivity index (χ1n) is 15.6. The highest BCUT2D eigenvalue weighted by Gasteiger charge is 2.36. The molecule has 3 aromatic carbocycles. The number of aromatic nitrogens is 1. The molecule has 1 aliphatic rings. The van der Waals surface area contributed by atoms with E-state index in [1.54, 1.807) is 18.2 Å². The van der Waals surface area contributed by atoms with Gasteiger partial charge < -0.3 is 18.8 Å². The number of rotatable bonds is 9. The van der Waals surface area contributed by atoms with Gasteiger partial charge in [0.25, 0.3) is 0 Å². The van der Waals surface area contributed by atoms with Crippen LogP contribution in [0.4, 0.5) is 0 Å². The molecule has 0 saturated carbocycles. The van der Waals surface area contributed by atoms with Gasteiger partial charge in [-0.1, -0.05) is 78.4 Å². The van der Waals surface area contributed by atoms with Gasteiger partial charge in [-0.3, -0.25) is 4.79 Å². The van der Waals surface area contributed by atoms with Gasteiger partial charge in [0.1, 0.15) is 5.60 Å². The zero-order chi connectivity index (χ0) is 33.1. The summed E-state index contributed by atoms with van der Waals surface area (Å²) in [5.41, 5.74) is 3.63. The van der Waals surface area contributed by atoms with Gasteiger partial charge in [-0.25, -0.2) is 8.42 Å². The number of carbonyl (C=O) groups excluding carboxylic acids is 1. The van der Waals surface area contributed by atoms with Crippen LogP contribution in [0.25, 0.3) is 17.5 Å². The lowest BCUT2D eigenvalue weighted by molar-refractivity contribution is -0.290. The summed E-state index contributed by atoms with van der Waals surface area (Å²) < 4.78 is 48.4. The molecule has 4 aromatic rings. The molecule has 1 aromatic heterocycles. The normalized spacial score (nSPS) is 18.5. The van der Waals surface area contributed by atoms with E-state index in [-0.39, 0.29) is 22.2 Å². The Morgan fingerprint density at radius 2 is 1.59 bits per heavy atom. The second kappa shape index (κ2) is 13.4. The number of hydrogen-bond donors (Lipinski definition) is 0. The lowest BCUT2D eigenvalue weighted by Crippen LogP contribution is -2.45. The van der Waals surface area contributed by atoms with E-state index >= 15 is 0 Å². The Balaban J connectivity index is 1.59. The molecule has 0 aliphatic carbocycles. The highest BCUT2D eigenvalue weighted by molar-refractivity contribution is 7.91. The summed E-state index contributed by atoms with van der Waals surface area (Å²) in [7, 11) is -3.87. The molecule has 0 N–H and O–H groups in total. The van der Waals surface area contributed by atoms with E-state index in [0.717, 1.165) is 22.4 Å². The number of ether oxygens (including phenoxy) is 3. The number of nitrogens with zero attached hydrogens (tertiary/aromatic N) is 1. The van der Waals surface area contributed by atoms with Crippen molar-refractivity contribution in [3.05, 3.63) is 114 Å². The topological polar surface area (TPSA) is 83.8 Å². The molecular formula is C38H43NO6S. The third kappa shape index (κ3) is 8.23. The summed E-state index contributed by atoms with van der Waals surface area (Å²) in [6.07, 6.45) is 3.94. The standard InChI is InChI=1S/C38H43NO6S/c1-27-17-19-32(20-18-27)46(41,42)35-26-33(29-15-11-8-12-16-29)39(34(35)23-28-13-9-7-10-14-28)22-21-30-24-31(44-38(5,6)43-30)25-36(40)45-37(2,3)4/h7-22,26,30-31H,23-25H2,1-6H3/b22-21+/t30-,31-/m1/s1. The second-order valence-corrected chi connectivity index (χ2v) is 15.1. The van der Waals surface area contributed by atoms with Crippen LogP contribution in [0.5, 0.6) is 0 Å². The van der Waals surface area contributed by atoms with Crippen LogP contribution in [0, 0.1) is 6.92 Å². The van der Waals surface area contributed by atoms with E-state index in [1.165, 1.54) is 0 Å². The molecule has 1 fully saturated rings. The van der Waals surface area contributed by atoms with Gasteiger partial charge in [0.15, 0.2) is 5.79 Å². The Morgan fingerprint density at radius 3 is 2.22 bits per heavy atom. The molecule has 0 bridgehead atoms. The minimum absolute atomic E-state index is 0.103. The molecule has 242 valence electrons. The molecule has 1 saturated heterocycles. The lowest BCUT2D eigenvalue weighted by Gasteiger charge is -2.39. The number of benzene rings is 3. The van der Waals surface area contributed by atoms with Crippen molar-refractivity contribution in [2.24, 2.45) is 0 Å². The largest absolute Gasteiger partial charge is 0.460 e. The predicted molar refractivity (Wildman–Crippen MR) is 180 cm³/mol. The Hall–Kier alpha value is -3.98. The summed E-state index contributed by atoms with van der Waals surface area (Å²) in [5.74, 6) is -1.27. The number of hydrogen-bond acceptors (Lipinski definition) is 6. The molecule has 8 heteroatoms. The van der Waals surface area contributed by atoms with E-state index in [0.29, 0.717) is 18.5 Å². The van der Waals surface area contributed by atoms with E-state index in [9.17, 15) is 13.2 Å². The van der Waals surface area contributed by atoms with Gasteiger partial charge in [-0.05, 0) is 76.9 Å². The molecule has 7 nitrogen and oxygen atoms in total.